The predicted molar refractivity (Wildman–Crippen MR) is 60.3 cm³/mol. The third-order valence-electron chi connectivity index (χ3n) is 2.87. The number of nitrogens with zero attached hydrogens (tertiary/aromatic N) is 1. The molecule has 2 N–H and O–H groups in total. The second kappa shape index (κ2) is 3.62. The summed E-state index contributed by atoms with van der Waals surface area (Å²) in [4.78, 5) is 2.26. The highest BCUT2D eigenvalue weighted by molar-refractivity contribution is 5.46. The molecule has 14 heavy (non-hydrogen) atoms. The number of benzene rings is 1. The van der Waals surface area contributed by atoms with Gasteiger partial charge < -0.3 is 10.6 Å². The molecular formula is C12H18N2. The third-order valence-corrected chi connectivity index (χ3v) is 2.87. The molecule has 0 radical (unpaired) electrons. The molecule has 0 amide bonds. The van der Waals surface area contributed by atoms with Crippen LogP contribution in [0.5, 0.6) is 0 Å². The second-order valence-corrected chi connectivity index (χ2v) is 4.56. The zero-order valence-corrected chi connectivity index (χ0v) is 8.96. The fraction of sp³-hybridized carbons (Fsp3) is 0.500. The van der Waals surface area contributed by atoms with E-state index < -0.39 is 0 Å². The normalized spacial score (nSPS) is 20.1. The average Bonchev–Trinajstić information content (AvgIpc) is 2.44. The number of nitrogens with two attached hydrogens (primary N) is 1. The quantitative estimate of drug-likeness (QED) is 0.717. The van der Waals surface area contributed by atoms with Crippen LogP contribution in [0.1, 0.15) is 11.1 Å². The lowest BCUT2D eigenvalue weighted by molar-refractivity contribution is 0.332. The Morgan fingerprint density at radius 1 is 1.29 bits per heavy atom. The summed E-state index contributed by atoms with van der Waals surface area (Å²) in [6.45, 7) is 1.18. The Hall–Kier alpha value is -1.02. The highest BCUT2D eigenvalue weighted by Crippen LogP contribution is 2.28. The van der Waals surface area contributed by atoms with Gasteiger partial charge in [0.25, 0.3) is 0 Å². The third kappa shape index (κ3) is 1.90. The number of rotatable bonds is 2. The Labute approximate surface area is 85.7 Å². The molecule has 0 aliphatic heterocycles. The summed E-state index contributed by atoms with van der Waals surface area (Å²) in [5.41, 5.74) is 9.61. The van der Waals surface area contributed by atoms with E-state index in [-0.39, 0.29) is 0 Å². The molecular weight excluding hydrogens is 172 g/mol. The van der Waals surface area contributed by atoms with E-state index in [2.05, 4.69) is 31.1 Å². The van der Waals surface area contributed by atoms with Crippen molar-refractivity contribution in [3.63, 3.8) is 0 Å². The van der Waals surface area contributed by atoms with Gasteiger partial charge in [0, 0.05) is 12.2 Å². The van der Waals surface area contributed by atoms with Crippen molar-refractivity contribution in [1.82, 2.24) is 4.90 Å². The van der Waals surface area contributed by atoms with Crippen LogP contribution in [0.15, 0.2) is 18.2 Å². The molecule has 0 saturated heterocycles. The molecule has 1 aromatic carbocycles. The molecule has 1 aromatic rings. The van der Waals surface area contributed by atoms with Crippen molar-refractivity contribution >= 4 is 5.69 Å². The van der Waals surface area contributed by atoms with Gasteiger partial charge >= 0.3 is 0 Å². The first kappa shape index (κ1) is 9.53. The standard InChI is InChI=1S/C12H18N2/c1-14(2)8-9-5-10-3-4-12(13)7-11(10)6-9/h3-4,7,9H,5-6,8,13H2,1-2H3. The van der Waals surface area contributed by atoms with Crippen molar-refractivity contribution in [3.8, 4) is 0 Å². The van der Waals surface area contributed by atoms with E-state index in [1.165, 1.54) is 30.5 Å². The summed E-state index contributed by atoms with van der Waals surface area (Å²) in [5, 5.41) is 0. The SMILES string of the molecule is CN(C)CC1Cc2ccc(N)cc2C1. The van der Waals surface area contributed by atoms with Gasteiger partial charge in [-0.1, -0.05) is 6.07 Å². The molecule has 0 bridgehead atoms. The summed E-state index contributed by atoms with van der Waals surface area (Å²) in [5.74, 6) is 0.779. The van der Waals surface area contributed by atoms with Crippen LogP contribution in [0.25, 0.3) is 0 Å². The lowest BCUT2D eigenvalue weighted by atomic mass is 10.1. The van der Waals surface area contributed by atoms with Crippen LogP contribution >= 0.6 is 0 Å². The van der Waals surface area contributed by atoms with Crippen molar-refractivity contribution < 1.29 is 0 Å². The van der Waals surface area contributed by atoms with Crippen molar-refractivity contribution in [2.75, 3.05) is 26.4 Å². The monoisotopic (exact) mass is 190 g/mol. The first-order valence-electron chi connectivity index (χ1n) is 5.17. The van der Waals surface area contributed by atoms with E-state index in [0.29, 0.717) is 0 Å². The summed E-state index contributed by atoms with van der Waals surface area (Å²) >= 11 is 0. The molecule has 76 valence electrons. The van der Waals surface area contributed by atoms with Gasteiger partial charge in [0.2, 0.25) is 0 Å². The van der Waals surface area contributed by atoms with Gasteiger partial charge in [-0.15, -0.1) is 0 Å². The van der Waals surface area contributed by atoms with Gasteiger partial charge in [-0.3, -0.25) is 0 Å². The van der Waals surface area contributed by atoms with Gasteiger partial charge in [0.15, 0.2) is 0 Å². The summed E-state index contributed by atoms with van der Waals surface area (Å²) < 4.78 is 0. The molecule has 0 heterocycles. The van der Waals surface area contributed by atoms with Crippen LogP contribution in [0.2, 0.25) is 0 Å². The van der Waals surface area contributed by atoms with Crippen LogP contribution in [0.4, 0.5) is 5.69 Å². The minimum atomic E-state index is 0.779. The zero-order valence-electron chi connectivity index (χ0n) is 8.96. The van der Waals surface area contributed by atoms with Crippen molar-refractivity contribution in [2.45, 2.75) is 12.8 Å². The Morgan fingerprint density at radius 3 is 2.71 bits per heavy atom. The van der Waals surface area contributed by atoms with E-state index >= 15 is 0 Å². The van der Waals surface area contributed by atoms with Gasteiger partial charge in [-0.2, -0.15) is 0 Å². The molecule has 1 aliphatic carbocycles. The van der Waals surface area contributed by atoms with Crippen LogP contribution in [0, 0.1) is 5.92 Å². The van der Waals surface area contributed by atoms with Crippen LogP contribution in [0.3, 0.4) is 0 Å². The minimum absolute atomic E-state index is 0.779. The Kier molecular flexibility index (Phi) is 2.46. The maximum atomic E-state index is 5.77. The molecule has 1 aliphatic rings. The van der Waals surface area contributed by atoms with E-state index in [0.717, 1.165) is 11.6 Å². The van der Waals surface area contributed by atoms with Crippen LogP contribution in [-0.2, 0) is 12.8 Å². The summed E-state index contributed by atoms with van der Waals surface area (Å²) in [7, 11) is 4.27. The number of hydrogen-bond acceptors (Lipinski definition) is 2. The second-order valence-electron chi connectivity index (χ2n) is 4.56. The van der Waals surface area contributed by atoms with Crippen LogP contribution < -0.4 is 5.73 Å². The Morgan fingerprint density at radius 2 is 2.00 bits per heavy atom. The Balaban J connectivity index is 2.10. The van der Waals surface area contributed by atoms with E-state index in [1.807, 2.05) is 6.07 Å². The lowest BCUT2D eigenvalue weighted by Crippen LogP contribution is -2.21. The Bertz CT molecular complexity index is 331. The molecule has 0 fully saturated rings. The smallest absolute Gasteiger partial charge is 0.0316 e. The number of anilines is 1. The van der Waals surface area contributed by atoms with E-state index in [1.54, 1.807) is 0 Å². The molecule has 0 aromatic heterocycles. The molecule has 2 rings (SSSR count). The minimum Gasteiger partial charge on any atom is -0.399 e. The fourth-order valence-corrected chi connectivity index (χ4v) is 2.37. The molecule has 2 nitrogen and oxygen atoms in total. The molecule has 1 unspecified atom stereocenters. The maximum absolute atomic E-state index is 5.77. The fourth-order valence-electron chi connectivity index (χ4n) is 2.37. The van der Waals surface area contributed by atoms with E-state index in [9.17, 15) is 0 Å². The molecule has 0 saturated carbocycles. The topological polar surface area (TPSA) is 29.3 Å². The van der Waals surface area contributed by atoms with Gasteiger partial charge in [-0.25, -0.2) is 0 Å². The molecule has 2 heteroatoms. The lowest BCUT2D eigenvalue weighted by Gasteiger charge is -2.14. The first-order valence-corrected chi connectivity index (χ1v) is 5.17. The van der Waals surface area contributed by atoms with Crippen molar-refractivity contribution in [1.29, 1.82) is 0 Å². The summed E-state index contributed by atoms with van der Waals surface area (Å²) in [6, 6.07) is 6.32. The van der Waals surface area contributed by atoms with Crippen LogP contribution in [-0.4, -0.2) is 25.5 Å². The number of hydrogen-bond donors (Lipinski definition) is 1. The highest BCUT2D eigenvalue weighted by Gasteiger charge is 2.21. The maximum Gasteiger partial charge on any atom is 0.0316 e. The van der Waals surface area contributed by atoms with E-state index in [4.69, 9.17) is 5.73 Å². The first-order chi connectivity index (χ1) is 6.65. The number of nitrogen functional groups attached to an aromatic ring is 1. The summed E-state index contributed by atoms with van der Waals surface area (Å²) in [6.07, 6.45) is 2.41. The predicted octanol–water partition coefficient (Wildman–Crippen LogP) is 1.55. The molecule has 0 spiro atoms. The average molecular weight is 190 g/mol. The van der Waals surface area contributed by atoms with Gasteiger partial charge in [-0.05, 0) is 56.1 Å². The van der Waals surface area contributed by atoms with Gasteiger partial charge in [0.05, 0.1) is 0 Å². The van der Waals surface area contributed by atoms with Crippen molar-refractivity contribution in [3.05, 3.63) is 29.3 Å². The highest BCUT2D eigenvalue weighted by atomic mass is 15.1. The largest absolute Gasteiger partial charge is 0.399 e. The number of fused-ring (bicyclic) bond motifs is 1. The zero-order chi connectivity index (χ0) is 10.1. The van der Waals surface area contributed by atoms with Crippen molar-refractivity contribution in [2.24, 2.45) is 5.92 Å². The molecule has 1 atom stereocenters. The van der Waals surface area contributed by atoms with Gasteiger partial charge in [0.1, 0.15) is 0 Å².